The third-order valence-electron chi connectivity index (χ3n) is 5.60. The van der Waals surface area contributed by atoms with Crippen molar-refractivity contribution < 1.29 is 32.2 Å². The van der Waals surface area contributed by atoms with Crippen LogP contribution >= 0.6 is 0 Å². The van der Waals surface area contributed by atoms with Gasteiger partial charge < -0.3 is 19.5 Å². The number of aromatic nitrogens is 3. The lowest BCUT2D eigenvalue weighted by atomic mass is 10.0. The zero-order chi connectivity index (χ0) is 23.7. The molecule has 0 bridgehead atoms. The van der Waals surface area contributed by atoms with Crippen LogP contribution in [0.5, 0.6) is 17.5 Å². The van der Waals surface area contributed by atoms with Crippen molar-refractivity contribution in [3.05, 3.63) is 65.5 Å². The summed E-state index contributed by atoms with van der Waals surface area (Å²) >= 11 is 0. The average Bonchev–Trinajstić information content (AvgIpc) is 3.26. The lowest BCUT2D eigenvalue weighted by molar-refractivity contribution is -0.203. The van der Waals surface area contributed by atoms with E-state index in [4.69, 9.17) is 14.2 Å². The quantitative estimate of drug-likeness (QED) is 0.611. The van der Waals surface area contributed by atoms with Crippen molar-refractivity contribution in [2.75, 3.05) is 6.61 Å². The van der Waals surface area contributed by atoms with Gasteiger partial charge >= 0.3 is 6.18 Å². The Kier molecular flexibility index (Phi) is 5.76. The van der Waals surface area contributed by atoms with Crippen LogP contribution in [0.4, 0.5) is 13.2 Å². The molecule has 0 saturated carbocycles. The average molecular weight is 474 g/mol. The Hall–Kier alpha value is -3.76. The fourth-order valence-corrected chi connectivity index (χ4v) is 3.92. The van der Waals surface area contributed by atoms with Gasteiger partial charge in [0.05, 0.1) is 6.04 Å². The first kappa shape index (κ1) is 22.1. The van der Waals surface area contributed by atoms with E-state index in [1.807, 2.05) is 30.3 Å². The number of nitrogens with zero attached hydrogens (tertiary/aromatic N) is 3. The zero-order valence-electron chi connectivity index (χ0n) is 17.9. The highest BCUT2D eigenvalue weighted by molar-refractivity contribution is 5.92. The maximum Gasteiger partial charge on any atom is 0.425 e. The van der Waals surface area contributed by atoms with Crippen LogP contribution < -0.4 is 19.5 Å². The van der Waals surface area contributed by atoms with Gasteiger partial charge in [0.15, 0.2) is 11.8 Å². The van der Waals surface area contributed by atoms with Crippen LogP contribution in [0.2, 0.25) is 0 Å². The molecule has 2 aliphatic heterocycles. The van der Waals surface area contributed by atoms with Gasteiger partial charge in [-0.1, -0.05) is 12.1 Å². The molecule has 178 valence electrons. The molecule has 0 radical (unpaired) electrons. The van der Waals surface area contributed by atoms with Gasteiger partial charge in [-0.25, -0.2) is 9.67 Å². The second kappa shape index (κ2) is 8.88. The van der Waals surface area contributed by atoms with Crippen LogP contribution in [0.15, 0.2) is 48.7 Å². The van der Waals surface area contributed by atoms with Gasteiger partial charge in [0, 0.05) is 31.3 Å². The predicted molar refractivity (Wildman–Crippen MR) is 113 cm³/mol. The largest absolute Gasteiger partial charge is 0.491 e. The third-order valence-corrected chi connectivity index (χ3v) is 5.60. The number of ether oxygens (including phenoxy) is 3. The van der Waals surface area contributed by atoms with Crippen molar-refractivity contribution in [1.29, 1.82) is 0 Å². The molecule has 2 aliphatic rings. The molecule has 1 amide bonds. The smallest absolute Gasteiger partial charge is 0.425 e. The first-order valence-corrected chi connectivity index (χ1v) is 10.8. The number of alkyl halides is 3. The van der Waals surface area contributed by atoms with Gasteiger partial charge in [-0.05, 0) is 35.7 Å². The summed E-state index contributed by atoms with van der Waals surface area (Å²) in [5.74, 6) is 0.688. The first-order valence-electron chi connectivity index (χ1n) is 10.8. The normalized spacial score (nSPS) is 19.3. The molecule has 1 aromatic carbocycles. The van der Waals surface area contributed by atoms with Crippen molar-refractivity contribution in [2.45, 2.75) is 44.3 Å². The number of amides is 1. The fraction of sp³-hybridized carbons (Fsp3) is 0.348. The van der Waals surface area contributed by atoms with Gasteiger partial charge in [-0.3, -0.25) is 4.79 Å². The molecule has 0 spiro atoms. The molecule has 11 heteroatoms. The number of carbonyl (C=O) groups excluding carboxylic acids is 1. The number of hydrogen-bond acceptors (Lipinski definition) is 6. The summed E-state index contributed by atoms with van der Waals surface area (Å²) in [5.41, 5.74) is 1.85. The minimum atomic E-state index is -4.47. The summed E-state index contributed by atoms with van der Waals surface area (Å²) in [6, 6.07) is 12.1. The van der Waals surface area contributed by atoms with Crippen LogP contribution in [0.3, 0.4) is 0 Å². The second-order valence-electron chi connectivity index (χ2n) is 8.11. The predicted octanol–water partition coefficient (Wildman–Crippen LogP) is 3.30. The minimum Gasteiger partial charge on any atom is -0.491 e. The molecule has 1 N–H and O–H groups in total. The number of rotatable bonds is 5. The molecule has 2 atom stereocenters. The number of halogens is 3. The monoisotopic (exact) mass is 474 g/mol. The highest BCUT2D eigenvalue weighted by Gasteiger charge is 2.44. The second-order valence-corrected chi connectivity index (χ2v) is 8.11. The third kappa shape index (κ3) is 4.78. The number of fused-ring (bicyclic) bond motifs is 2. The molecule has 34 heavy (non-hydrogen) atoms. The van der Waals surface area contributed by atoms with Crippen LogP contribution in [-0.2, 0) is 19.6 Å². The summed E-state index contributed by atoms with van der Waals surface area (Å²) in [6.45, 7) is 0.624. The maximum atomic E-state index is 12.9. The van der Waals surface area contributed by atoms with Crippen LogP contribution in [0.1, 0.15) is 28.0 Å². The van der Waals surface area contributed by atoms with Crippen molar-refractivity contribution >= 4 is 5.91 Å². The summed E-state index contributed by atoms with van der Waals surface area (Å²) in [4.78, 5) is 16.8. The van der Waals surface area contributed by atoms with E-state index < -0.39 is 18.2 Å². The number of hydrogen-bond donors (Lipinski definition) is 1. The number of pyridine rings is 1. The number of aryl methyl sites for hydroxylation is 1. The highest BCUT2D eigenvalue weighted by atomic mass is 19.4. The van der Waals surface area contributed by atoms with E-state index in [9.17, 15) is 18.0 Å². The van der Waals surface area contributed by atoms with Gasteiger partial charge in [0.2, 0.25) is 11.8 Å². The minimum absolute atomic E-state index is 0.00105. The summed E-state index contributed by atoms with van der Waals surface area (Å²) in [7, 11) is 0. The molecule has 0 saturated heterocycles. The van der Waals surface area contributed by atoms with Gasteiger partial charge in [0.25, 0.3) is 5.91 Å². The standard InChI is InChI=1S/C23H21F3N4O4/c24-23(25,26)19-6-8-30-21(34-19)11-17(29-30)22(31)28-16-10-15-9-14(4-5-18(15)32-13-16)12-33-20-3-1-2-7-27-20/h1-5,7,9,11,16,19H,6,8,10,12-13H2,(H,28,31)/t16-,19?/m1/s1. The molecular weight excluding hydrogens is 453 g/mol. The van der Waals surface area contributed by atoms with Crippen molar-refractivity contribution in [1.82, 2.24) is 20.1 Å². The highest BCUT2D eigenvalue weighted by Crippen LogP contribution is 2.32. The maximum absolute atomic E-state index is 12.9. The lowest BCUT2D eigenvalue weighted by Gasteiger charge is -2.26. The van der Waals surface area contributed by atoms with Crippen LogP contribution in [0.25, 0.3) is 0 Å². The Morgan fingerprint density at radius 3 is 2.91 bits per heavy atom. The lowest BCUT2D eigenvalue weighted by Crippen LogP contribution is -2.43. The van der Waals surface area contributed by atoms with Gasteiger partial charge in [0.1, 0.15) is 19.0 Å². The summed E-state index contributed by atoms with van der Waals surface area (Å²) < 4.78 is 56.5. The number of benzene rings is 1. The van der Waals surface area contributed by atoms with E-state index in [0.29, 0.717) is 18.9 Å². The zero-order valence-corrected chi connectivity index (χ0v) is 17.9. The Morgan fingerprint density at radius 1 is 1.24 bits per heavy atom. The fourth-order valence-electron chi connectivity index (χ4n) is 3.92. The molecule has 5 rings (SSSR count). The molecule has 3 aromatic rings. The molecular formula is C23H21F3N4O4. The van der Waals surface area contributed by atoms with E-state index in [2.05, 4.69) is 15.4 Å². The number of carbonyl (C=O) groups is 1. The topological polar surface area (TPSA) is 87.5 Å². The van der Waals surface area contributed by atoms with Crippen LogP contribution in [0, 0.1) is 0 Å². The van der Waals surface area contributed by atoms with E-state index in [1.54, 1.807) is 12.3 Å². The van der Waals surface area contributed by atoms with E-state index in [0.717, 1.165) is 16.9 Å². The first-order chi connectivity index (χ1) is 16.3. The molecule has 4 heterocycles. The molecule has 1 unspecified atom stereocenters. The van der Waals surface area contributed by atoms with E-state index in [-0.39, 0.29) is 37.2 Å². The number of nitrogens with one attached hydrogen (secondary N) is 1. The van der Waals surface area contributed by atoms with Crippen LogP contribution in [-0.4, -0.2) is 45.6 Å². The molecule has 0 aliphatic carbocycles. The van der Waals surface area contributed by atoms with Crippen molar-refractivity contribution in [3.8, 4) is 17.5 Å². The summed E-state index contributed by atoms with van der Waals surface area (Å²) in [5, 5.41) is 6.94. The Labute approximate surface area is 192 Å². The van der Waals surface area contributed by atoms with E-state index in [1.165, 1.54) is 10.7 Å². The Bertz CT molecular complexity index is 1180. The SMILES string of the molecule is O=C(N[C@H]1COc2ccc(COc3ccccn3)cc2C1)c1cc2n(n1)CCC(C(F)(F)F)O2. The molecule has 8 nitrogen and oxygen atoms in total. The van der Waals surface area contributed by atoms with Gasteiger partial charge in [-0.15, -0.1) is 0 Å². The van der Waals surface area contributed by atoms with E-state index >= 15 is 0 Å². The Morgan fingerprint density at radius 2 is 2.12 bits per heavy atom. The molecule has 0 fully saturated rings. The Balaban J connectivity index is 1.21. The van der Waals surface area contributed by atoms with Crippen molar-refractivity contribution in [2.24, 2.45) is 0 Å². The molecule has 2 aromatic heterocycles. The van der Waals surface area contributed by atoms with Crippen molar-refractivity contribution in [3.63, 3.8) is 0 Å². The summed E-state index contributed by atoms with van der Waals surface area (Å²) in [6.07, 6.45) is -4.43. The van der Waals surface area contributed by atoms with Gasteiger partial charge in [-0.2, -0.15) is 18.3 Å².